The minimum Gasteiger partial charge on any atom is -0.313 e. The van der Waals surface area contributed by atoms with E-state index in [1.54, 1.807) is 36.2 Å². The summed E-state index contributed by atoms with van der Waals surface area (Å²) in [6, 6.07) is 8.83. The third-order valence-corrected chi connectivity index (χ3v) is 4.45. The largest absolute Gasteiger partial charge is 0.417 e. The molecule has 0 aliphatic carbocycles. The summed E-state index contributed by atoms with van der Waals surface area (Å²) in [5.41, 5.74) is 1.41. The van der Waals surface area contributed by atoms with E-state index in [0.717, 1.165) is 17.8 Å². The Morgan fingerprint density at radius 1 is 1.07 bits per heavy atom. The normalized spacial score (nSPS) is 14.8. The molecule has 4 rings (SSSR count). The monoisotopic (exact) mass is 386 g/mol. The first-order valence-corrected chi connectivity index (χ1v) is 8.41. The summed E-state index contributed by atoms with van der Waals surface area (Å²) in [7, 11) is 0. The second-order valence-electron chi connectivity index (χ2n) is 6.43. The van der Waals surface area contributed by atoms with Crippen molar-refractivity contribution in [3.63, 3.8) is 0 Å². The summed E-state index contributed by atoms with van der Waals surface area (Å²) in [6.07, 6.45) is -0.577. The van der Waals surface area contributed by atoms with E-state index < -0.39 is 17.6 Å². The first-order chi connectivity index (χ1) is 13.3. The number of fused-ring (bicyclic) bond motifs is 1. The van der Waals surface area contributed by atoms with Crippen molar-refractivity contribution in [2.75, 3.05) is 11.4 Å². The van der Waals surface area contributed by atoms with Crippen molar-refractivity contribution in [2.45, 2.75) is 13.1 Å². The Balaban J connectivity index is 1.63. The first-order valence-electron chi connectivity index (χ1n) is 8.41. The fourth-order valence-corrected chi connectivity index (χ4v) is 3.05. The Bertz CT molecular complexity index is 1100. The summed E-state index contributed by atoms with van der Waals surface area (Å²) in [5.74, 6) is -0.0797. The molecule has 3 heterocycles. The molecule has 1 aromatic carbocycles. The van der Waals surface area contributed by atoms with E-state index in [1.165, 1.54) is 18.5 Å². The van der Waals surface area contributed by atoms with Gasteiger partial charge in [0.25, 0.3) is 0 Å². The number of aliphatic imine (C=N–C) groups is 1. The lowest BCUT2D eigenvalue weighted by molar-refractivity contribution is -0.137. The van der Waals surface area contributed by atoms with E-state index >= 15 is 0 Å². The number of benzene rings is 1. The quantitative estimate of drug-likeness (QED) is 0.578. The van der Waals surface area contributed by atoms with Crippen molar-refractivity contribution in [1.29, 1.82) is 0 Å². The molecule has 0 spiro atoms. The molecular weight excluding hydrogens is 372 g/mol. The molecule has 28 heavy (non-hydrogen) atoms. The second-order valence-corrected chi connectivity index (χ2v) is 6.43. The van der Waals surface area contributed by atoms with Gasteiger partial charge in [-0.15, -0.1) is 0 Å². The van der Waals surface area contributed by atoms with Crippen LogP contribution in [-0.4, -0.2) is 22.9 Å². The number of hydrogen-bond acceptors (Lipinski definition) is 4. The number of alkyl halides is 3. The van der Waals surface area contributed by atoms with Crippen LogP contribution in [-0.2, 0) is 6.18 Å². The molecule has 0 bridgehead atoms. The molecule has 0 atom stereocenters. The van der Waals surface area contributed by atoms with Crippen molar-refractivity contribution >= 4 is 28.8 Å². The van der Waals surface area contributed by atoms with Gasteiger partial charge in [-0.1, -0.05) is 6.07 Å². The highest BCUT2D eigenvalue weighted by molar-refractivity contribution is 5.90. The second kappa shape index (κ2) is 6.70. The molecule has 1 aliphatic rings. The third-order valence-electron chi connectivity index (χ3n) is 4.45. The summed E-state index contributed by atoms with van der Waals surface area (Å²) in [4.78, 5) is 14.0. The van der Waals surface area contributed by atoms with Gasteiger partial charge in [-0.05, 0) is 42.8 Å². The van der Waals surface area contributed by atoms with Gasteiger partial charge in [0, 0.05) is 29.9 Å². The minimum absolute atomic E-state index is 0.329. The summed E-state index contributed by atoms with van der Waals surface area (Å²) in [5, 5.41) is 0.692. The van der Waals surface area contributed by atoms with Gasteiger partial charge < -0.3 is 4.90 Å². The molecule has 142 valence electrons. The molecule has 3 aromatic rings. The number of hydrogen-bond donors (Lipinski definition) is 0. The zero-order valence-electron chi connectivity index (χ0n) is 14.7. The fourth-order valence-electron chi connectivity index (χ4n) is 3.05. The van der Waals surface area contributed by atoms with Crippen LogP contribution in [0.15, 0.2) is 59.4 Å². The molecule has 0 fully saturated rings. The van der Waals surface area contributed by atoms with Crippen LogP contribution in [0.2, 0.25) is 0 Å². The minimum atomic E-state index is -4.44. The van der Waals surface area contributed by atoms with Crippen molar-refractivity contribution < 1.29 is 17.6 Å². The van der Waals surface area contributed by atoms with Gasteiger partial charge in [0.2, 0.25) is 0 Å². The van der Waals surface area contributed by atoms with Crippen LogP contribution in [0.4, 0.5) is 23.4 Å². The number of anilines is 1. The maximum absolute atomic E-state index is 14.6. The van der Waals surface area contributed by atoms with Gasteiger partial charge in [-0.3, -0.25) is 4.98 Å². The fraction of sp³-hybridized carbons (Fsp3) is 0.150. The van der Waals surface area contributed by atoms with E-state index in [-0.39, 0.29) is 0 Å². The average Bonchev–Trinajstić information content (AvgIpc) is 2.67. The molecule has 0 amide bonds. The van der Waals surface area contributed by atoms with Gasteiger partial charge in [0.15, 0.2) is 0 Å². The maximum atomic E-state index is 14.6. The lowest BCUT2D eigenvalue weighted by Gasteiger charge is -2.24. The zero-order chi connectivity index (χ0) is 19.9. The standard InChI is InChI=1S/C20H14F4N4/c1-12-10-28(18-5-4-14(9-26-18)20(22,23)24)11-27-19(12)15-8-17-13(7-16(15)21)3-2-6-25-17/h2-9,11H,10H2,1H3. The van der Waals surface area contributed by atoms with Crippen molar-refractivity contribution in [3.05, 3.63) is 71.3 Å². The lowest BCUT2D eigenvalue weighted by atomic mass is 10.0. The zero-order valence-corrected chi connectivity index (χ0v) is 14.7. The smallest absolute Gasteiger partial charge is 0.313 e. The van der Waals surface area contributed by atoms with Gasteiger partial charge in [0.1, 0.15) is 11.6 Å². The maximum Gasteiger partial charge on any atom is 0.417 e. The Morgan fingerprint density at radius 3 is 2.57 bits per heavy atom. The molecular formula is C20H14F4N4. The van der Waals surface area contributed by atoms with Crippen LogP contribution in [0.25, 0.3) is 16.6 Å². The molecule has 0 saturated carbocycles. The number of nitrogens with zero attached hydrogens (tertiary/aromatic N) is 4. The molecule has 2 aromatic heterocycles. The Labute approximate surface area is 157 Å². The average molecular weight is 386 g/mol. The topological polar surface area (TPSA) is 41.4 Å². The third kappa shape index (κ3) is 3.33. The first kappa shape index (κ1) is 18.1. The van der Waals surface area contributed by atoms with Crippen LogP contribution >= 0.6 is 0 Å². The van der Waals surface area contributed by atoms with Gasteiger partial charge >= 0.3 is 6.18 Å². The highest BCUT2D eigenvalue weighted by atomic mass is 19.4. The Kier molecular flexibility index (Phi) is 4.33. The molecule has 0 saturated heterocycles. The van der Waals surface area contributed by atoms with Crippen molar-refractivity contribution in [2.24, 2.45) is 4.99 Å². The predicted octanol–water partition coefficient (Wildman–Crippen LogP) is 5.07. The van der Waals surface area contributed by atoms with Crippen molar-refractivity contribution in [3.8, 4) is 0 Å². The molecule has 0 radical (unpaired) electrons. The van der Waals surface area contributed by atoms with Gasteiger partial charge in [-0.25, -0.2) is 14.4 Å². The molecule has 0 unspecified atom stereocenters. The molecule has 0 N–H and O–H groups in total. The SMILES string of the molecule is CC1=C(c2cc3ncccc3cc2F)N=CN(c2ccc(C(F)(F)F)cn2)C1. The Morgan fingerprint density at radius 2 is 1.89 bits per heavy atom. The highest BCUT2D eigenvalue weighted by Crippen LogP contribution is 2.31. The summed E-state index contributed by atoms with van der Waals surface area (Å²) >= 11 is 0. The van der Waals surface area contributed by atoms with Crippen LogP contribution < -0.4 is 4.90 Å². The number of rotatable bonds is 2. The number of aromatic nitrogens is 2. The van der Waals surface area contributed by atoms with Crippen LogP contribution in [0.3, 0.4) is 0 Å². The lowest BCUT2D eigenvalue weighted by Crippen LogP contribution is -2.27. The molecule has 8 heteroatoms. The summed E-state index contributed by atoms with van der Waals surface area (Å²) in [6.45, 7) is 2.13. The van der Waals surface area contributed by atoms with E-state index in [0.29, 0.717) is 34.5 Å². The van der Waals surface area contributed by atoms with Gasteiger partial charge in [0.05, 0.1) is 23.1 Å². The van der Waals surface area contributed by atoms with Crippen molar-refractivity contribution in [1.82, 2.24) is 9.97 Å². The summed E-state index contributed by atoms with van der Waals surface area (Å²) < 4.78 is 52.6. The Hall–Kier alpha value is -3.29. The number of halogens is 4. The van der Waals surface area contributed by atoms with Crippen LogP contribution in [0, 0.1) is 5.82 Å². The van der Waals surface area contributed by atoms with Gasteiger partial charge in [-0.2, -0.15) is 13.2 Å². The molecule has 4 nitrogen and oxygen atoms in total. The van der Waals surface area contributed by atoms with E-state index in [4.69, 9.17) is 0 Å². The van der Waals surface area contributed by atoms with Crippen LogP contribution in [0.5, 0.6) is 0 Å². The van der Waals surface area contributed by atoms with E-state index in [2.05, 4.69) is 15.0 Å². The van der Waals surface area contributed by atoms with Crippen LogP contribution in [0.1, 0.15) is 18.1 Å². The highest BCUT2D eigenvalue weighted by Gasteiger charge is 2.31. The van der Waals surface area contributed by atoms with E-state index in [1.807, 2.05) is 0 Å². The molecule has 1 aliphatic heterocycles. The predicted molar refractivity (Wildman–Crippen MR) is 99.4 cm³/mol. The number of pyridine rings is 2. The van der Waals surface area contributed by atoms with E-state index in [9.17, 15) is 17.6 Å².